The van der Waals surface area contributed by atoms with Crippen LogP contribution in [-0.2, 0) is 7.05 Å². The molecule has 0 fully saturated rings. The van der Waals surface area contributed by atoms with Crippen molar-refractivity contribution in [2.24, 2.45) is 7.05 Å². The first-order valence-electron chi connectivity index (χ1n) is 3.88. The summed E-state index contributed by atoms with van der Waals surface area (Å²) >= 11 is 11.9. The Balaban J connectivity index is 2.97. The second kappa shape index (κ2) is 2.64. The van der Waals surface area contributed by atoms with Crippen LogP contribution in [0, 0.1) is 0 Å². The van der Waals surface area contributed by atoms with Crippen LogP contribution in [0.1, 0.15) is 1.37 Å². The van der Waals surface area contributed by atoms with E-state index in [9.17, 15) is 0 Å². The Morgan fingerprint density at radius 3 is 3.08 bits per heavy atom. The van der Waals surface area contributed by atoms with Crippen LogP contribution < -0.4 is 0 Å². The molecule has 0 radical (unpaired) electrons. The minimum Gasteiger partial charge on any atom is -0.256 e. The average molecular weight is 202 g/mol. The van der Waals surface area contributed by atoms with Gasteiger partial charge >= 0.3 is 0 Å². The molecule has 0 aliphatic heterocycles. The van der Waals surface area contributed by atoms with Gasteiger partial charge in [0.1, 0.15) is 5.15 Å². The van der Waals surface area contributed by atoms with Gasteiger partial charge in [-0.25, -0.2) is 0 Å². The van der Waals surface area contributed by atoms with Crippen molar-refractivity contribution in [3.63, 3.8) is 0 Å². The number of aryl methyl sites for hydroxylation is 1. The fourth-order valence-corrected chi connectivity index (χ4v) is 1.64. The predicted molar refractivity (Wildman–Crippen MR) is 50.7 cm³/mol. The van der Waals surface area contributed by atoms with Gasteiger partial charge < -0.3 is 0 Å². The molecular formula is C8H6Cl2N2. The van der Waals surface area contributed by atoms with Crippen molar-refractivity contribution >= 4 is 34.1 Å². The van der Waals surface area contributed by atoms with Gasteiger partial charge in [0.25, 0.3) is 0 Å². The average Bonchev–Trinajstić information content (AvgIpc) is 2.37. The van der Waals surface area contributed by atoms with Crippen molar-refractivity contribution in [1.82, 2.24) is 9.78 Å². The first-order valence-corrected chi connectivity index (χ1v) is 4.14. The zero-order valence-electron chi connectivity index (χ0n) is 7.31. The summed E-state index contributed by atoms with van der Waals surface area (Å²) in [6.07, 6.45) is 0. The van der Waals surface area contributed by atoms with E-state index in [1.165, 1.54) is 4.68 Å². The minimum absolute atomic E-state index is 0.268. The Kier molecular flexibility index (Phi) is 1.49. The molecule has 0 atom stereocenters. The normalized spacial score (nSPS) is 12.1. The summed E-state index contributed by atoms with van der Waals surface area (Å²) < 4.78 is 9.02. The number of hydrogen-bond donors (Lipinski definition) is 0. The lowest BCUT2D eigenvalue weighted by molar-refractivity contribution is 0.780. The summed E-state index contributed by atoms with van der Waals surface area (Å²) in [5.74, 6) is 0. The summed E-state index contributed by atoms with van der Waals surface area (Å²) in [4.78, 5) is 0. The summed E-state index contributed by atoms with van der Waals surface area (Å²) in [5.41, 5.74) is 0.716. The molecule has 0 saturated heterocycles. The van der Waals surface area contributed by atoms with Crippen LogP contribution in [0.25, 0.3) is 10.9 Å². The quantitative estimate of drug-likeness (QED) is 0.642. The maximum atomic E-state index is 7.48. The van der Waals surface area contributed by atoms with E-state index in [-0.39, 0.29) is 6.04 Å². The predicted octanol–water partition coefficient (Wildman–Crippen LogP) is 2.88. The molecule has 1 heterocycles. The van der Waals surface area contributed by atoms with Gasteiger partial charge in [-0.05, 0) is 12.1 Å². The van der Waals surface area contributed by atoms with E-state index in [1.54, 1.807) is 19.2 Å². The van der Waals surface area contributed by atoms with Gasteiger partial charge in [0.05, 0.1) is 17.3 Å². The maximum absolute atomic E-state index is 7.48. The standard InChI is InChI=1S/C8H6Cl2N2/c1-12-8(10)7-5(9)3-2-4-6(7)11-12/h2-4H,1H3/i3D. The topological polar surface area (TPSA) is 17.8 Å². The van der Waals surface area contributed by atoms with Gasteiger partial charge in [0, 0.05) is 7.05 Å². The molecule has 0 amide bonds. The van der Waals surface area contributed by atoms with Crippen LogP contribution in [0.3, 0.4) is 0 Å². The Morgan fingerprint density at radius 1 is 1.58 bits per heavy atom. The molecular weight excluding hydrogens is 195 g/mol. The SMILES string of the molecule is [2H]c1ccc2nn(C)c(Cl)c2c1Cl. The van der Waals surface area contributed by atoms with Gasteiger partial charge in [-0.1, -0.05) is 29.3 Å². The molecule has 0 unspecified atom stereocenters. The van der Waals surface area contributed by atoms with Crippen LogP contribution >= 0.6 is 23.2 Å². The minimum atomic E-state index is 0.268. The Morgan fingerprint density at radius 2 is 2.33 bits per heavy atom. The van der Waals surface area contributed by atoms with Crippen LogP contribution in [0.15, 0.2) is 18.2 Å². The molecule has 4 heteroatoms. The summed E-state index contributed by atoms with van der Waals surface area (Å²) in [7, 11) is 1.74. The monoisotopic (exact) mass is 201 g/mol. The smallest absolute Gasteiger partial charge is 0.136 e. The lowest BCUT2D eigenvalue weighted by atomic mass is 10.3. The molecule has 62 valence electrons. The molecule has 2 nitrogen and oxygen atoms in total. The molecule has 1 aromatic carbocycles. The Hall–Kier alpha value is -0.730. The largest absolute Gasteiger partial charge is 0.256 e. The number of rotatable bonds is 0. The number of fused-ring (bicyclic) bond motifs is 1. The Labute approximate surface area is 81.1 Å². The van der Waals surface area contributed by atoms with Gasteiger partial charge in [-0.2, -0.15) is 5.10 Å². The van der Waals surface area contributed by atoms with E-state index in [1.807, 2.05) is 0 Å². The number of halogens is 2. The van der Waals surface area contributed by atoms with E-state index in [0.717, 1.165) is 0 Å². The van der Waals surface area contributed by atoms with E-state index < -0.39 is 0 Å². The Bertz CT molecular complexity index is 478. The number of nitrogens with zero attached hydrogens (tertiary/aromatic N) is 2. The third-order valence-corrected chi connectivity index (χ3v) is 2.41. The van der Waals surface area contributed by atoms with Gasteiger partial charge in [0.15, 0.2) is 0 Å². The van der Waals surface area contributed by atoms with Crippen molar-refractivity contribution in [1.29, 1.82) is 0 Å². The molecule has 0 saturated carbocycles. The highest BCUT2D eigenvalue weighted by atomic mass is 35.5. The van der Waals surface area contributed by atoms with Gasteiger partial charge in [0.2, 0.25) is 0 Å². The molecule has 12 heavy (non-hydrogen) atoms. The lowest BCUT2D eigenvalue weighted by Crippen LogP contribution is -1.87. The fourth-order valence-electron chi connectivity index (χ4n) is 1.11. The molecule has 2 aromatic rings. The number of aromatic nitrogens is 2. The zero-order valence-corrected chi connectivity index (χ0v) is 7.82. The molecule has 1 aromatic heterocycles. The highest BCUT2D eigenvalue weighted by molar-refractivity contribution is 6.41. The summed E-state index contributed by atoms with van der Waals surface area (Å²) in [5, 5.41) is 5.61. The van der Waals surface area contributed by atoms with Gasteiger partial charge in [-0.3, -0.25) is 4.68 Å². The second-order valence-corrected chi connectivity index (χ2v) is 3.20. The van der Waals surface area contributed by atoms with E-state index in [0.29, 0.717) is 21.1 Å². The van der Waals surface area contributed by atoms with E-state index in [2.05, 4.69) is 5.10 Å². The van der Waals surface area contributed by atoms with Crippen LogP contribution in [0.2, 0.25) is 10.2 Å². The van der Waals surface area contributed by atoms with Crippen molar-refractivity contribution in [2.45, 2.75) is 0 Å². The molecule has 0 aliphatic carbocycles. The van der Waals surface area contributed by atoms with Crippen LogP contribution in [0.5, 0.6) is 0 Å². The zero-order chi connectivity index (χ0) is 9.59. The molecule has 0 N–H and O–H groups in total. The summed E-state index contributed by atoms with van der Waals surface area (Å²) in [6.45, 7) is 0. The van der Waals surface area contributed by atoms with Crippen LogP contribution in [0.4, 0.5) is 0 Å². The van der Waals surface area contributed by atoms with Crippen LogP contribution in [-0.4, -0.2) is 9.78 Å². The lowest BCUT2D eigenvalue weighted by Gasteiger charge is -1.91. The fraction of sp³-hybridized carbons (Fsp3) is 0.125. The molecule has 0 spiro atoms. The summed E-state index contributed by atoms with van der Waals surface area (Å²) in [6, 6.07) is 3.60. The third-order valence-electron chi connectivity index (χ3n) is 1.68. The first kappa shape index (κ1) is 6.75. The molecule has 0 aliphatic rings. The second-order valence-electron chi connectivity index (χ2n) is 2.47. The highest BCUT2D eigenvalue weighted by Gasteiger charge is 2.08. The molecule has 2 rings (SSSR count). The van der Waals surface area contributed by atoms with Crippen molar-refractivity contribution in [3.8, 4) is 0 Å². The third kappa shape index (κ3) is 0.993. The first-order chi connectivity index (χ1) is 6.11. The highest BCUT2D eigenvalue weighted by Crippen LogP contribution is 2.28. The molecule has 0 bridgehead atoms. The van der Waals surface area contributed by atoms with E-state index in [4.69, 9.17) is 24.6 Å². The van der Waals surface area contributed by atoms with Crippen molar-refractivity contribution in [2.75, 3.05) is 0 Å². The van der Waals surface area contributed by atoms with Gasteiger partial charge in [-0.15, -0.1) is 0 Å². The van der Waals surface area contributed by atoms with Crippen molar-refractivity contribution in [3.05, 3.63) is 28.4 Å². The number of hydrogen-bond acceptors (Lipinski definition) is 1. The van der Waals surface area contributed by atoms with Crippen molar-refractivity contribution < 1.29 is 1.37 Å². The maximum Gasteiger partial charge on any atom is 0.136 e. The number of benzene rings is 1. The van der Waals surface area contributed by atoms with E-state index >= 15 is 0 Å².